The van der Waals surface area contributed by atoms with E-state index < -0.39 is 6.03 Å². The van der Waals surface area contributed by atoms with Gasteiger partial charge in [-0.25, -0.2) is 9.78 Å². The standard InChI is InChI=1S/C20H16BrN5O3/c21-14-6-9-17(23-11-14)26-19(28)13-2-1-3-16(10-13)24-18(27)12-4-7-15(8-5-12)25-20(22)29/h1-11H,(H,24,27)(H3,22,25,29)(H,23,26,28). The Labute approximate surface area is 174 Å². The number of nitrogens with one attached hydrogen (secondary N) is 3. The maximum atomic E-state index is 12.4. The minimum absolute atomic E-state index is 0.349. The Morgan fingerprint density at radius 1 is 0.793 bits per heavy atom. The molecule has 4 amide bonds. The molecule has 0 fully saturated rings. The van der Waals surface area contributed by atoms with Crippen LogP contribution in [0.2, 0.25) is 0 Å². The molecule has 2 aromatic carbocycles. The summed E-state index contributed by atoms with van der Waals surface area (Å²) in [4.78, 5) is 39.8. The van der Waals surface area contributed by atoms with E-state index >= 15 is 0 Å². The third kappa shape index (κ3) is 5.63. The number of hydrogen-bond donors (Lipinski definition) is 4. The summed E-state index contributed by atoms with van der Waals surface area (Å²) in [6, 6.07) is 15.5. The molecule has 1 heterocycles. The molecule has 8 nitrogen and oxygen atoms in total. The first-order valence-electron chi connectivity index (χ1n) is 8.41. The van der Waals surface area contributed by atoms with Crippen LogP contribution in [0.3, 0.4) is 0 Å². The SMILES string of the molecule is NC(=O)Nc1ccc(C(=O)Nc2cccc(C(=O)Nc3ccc(Br)cn3)c2)cc1. The lowest BCUT2D eigenvalue weighted by molar-refractivity contribution is 0.101. The van der Waals surface area contributed by atoms with E-state index in [4.69, 9.17) is 5.73 Å². The maximum absolute atomic E-state index is 12.4. The minimum atomic E-state index is -0.685. The monoisotopic (exact) mass is 453 g/mol. The smallest absolute Gasteiger partial charge is 0.316 e. The van der Waals surface area contributed by atoms with Gasteiger partial charge in [0.05, 0.1) is 0 Å². The summed E-state index contributed by atoms with van der Waals surface area (Å²) in [6.07, 6.45) is 1.58. The molecular formula is C20H16BrN5O3. The van der Waals surface area contributed by atoms with E-state index in [2.05, 4.69) is 36.9 Å². The van der Waals surface area contributed by atoms with E-state index in [-0.39, 0.29) is 11.8 Å². The van der Waals surface area contributed by atoms with Gasteiger partial charge in [0.15, 0.2) is 0 Å². The lowest BCUT2D eigenvalue weighted by Crippen LogP contribution is -2.19. The van der Waals surface area contributed by atoms with E-state index in [1.165, 1.54) is 0 Å². The molecule has 3 aromatic rings. The molecule has 0 aliphatic heterocycles. The molecule has 29 heavy (non-hydrogen) atoms. The second kappa shape index (κ2) is 8.98. The predicted molar refractivity (Wildman–Crippen MR) is 114 cm³/mol. The van der Waals surface area contributed by atoms with Crippen molar-refractivity contribution in [1.29, 1.82) is 0 Å². The highest BCUT2D eigenvalue weighted by Crippen LogP contribution is 2.16. The van der Waals surface area contributed by atoms with Gasteiger partial charge < -0.3 is 21.7 Å². The molecule has 0 unspecified atom stereocenters. The summed E-state index contributed by atoms with van der Waals surface area (Å²) < 4.78 is 0.804. The van der Waals surface area contributed by atoms with Crippen LogP contribution in [0.4, 0.5) is 22.0 Å². The van der Waals surface area contributed by atoms with Gasteiger partial charge in [-0.1, -0.05) is 6.07 Å². The van der Waals surface area contributed by atoms with E-state index in [1.807, 2.05) is 0 Å². The van der Waals surface area contributed by atoms with E-state index in [1.54, 1.807) is 66.9 Å². The van der Waals surface area contributed by atoms with Crippen molar-refractivity contribution >= 4 is 51.0 Å². The lowest BCUT2D eigenvalue weighted by atomic mass is 10.1. The molecule has 9 heteroatoms. The van der Waals surface area contributed by atoms with E-state index in [9.17, 15) is 14.4 Å². The van der Waals surface area contributed by atoms with Crippen LogP contribution in [0.15, 0.2) is 71.3 Å². The Balaban J connectivity index is 1.67. The fraction of sp³-hybridized carbons (Fsp3) is 0. The van der Waals surface area contributed by atoms with Gasteiger partial charge in [0.1, 0.15) is 5.82 Å². The normalized spacial score (nSPS) is 10.1. The molecule has 0 saturated heterocycles. The number of urea groups is 1. The molecule has 146 valence electrons. The van der Waals surface area contributed by atoms with Gasteiger partial charge in [-0.3, -0.25) is 9.59 Å². The van der Waals surface area contributed by atoms with Gasteiger partial charge in [0, 0.05) is 33.2 Å². The molecule has 0 radical (unpaired) electrons. The highest BCUT2D eigenvalue weighted by atomic mass is 79.9. The van der Waals surface area contributed by atoms with Crippen LogP contribution in [-0.4, -0.2) is 22.8 Å². The maximum Gasteiger partial charge on any atom is 0.316 e. The summed E-state index contributed by atoms with van der Waals surface area (Å²) >= 11 is 3.28. The quantitative estimate of drug-likeness (QED) is 0.467. The number of anilines is 3. The number of aromatic nitrogens is 1. The van der Waals surface area contributed by atoms with Gasteiger partial charge in [0.2, 0.25) is 0 Å². The number of carbonyl (C=O) groups excluding carboxylic acids is 3. The Kier molecular flexibility index (Phi) is 6.20. The van der Waals surface area contributed by atoms with Crippen LogP contribution >= 0.6 is 15.9 Å². The van der Waals surface area contributed by atoms with Crippen LogP contribution in [0.1, 0.15) is 20.7 Å². The molecule has 0 spiro atoms. The summed E-state index contributed by atoms with van der Waals surface area (Å²) in [5, 5.41) is 7.84. The zero-order valence-corrected chi connectivity index (χ0v) is 16.6. The third-order valence-electron chi connectivity index (χ3n) is 3.77. The molecule has 1 aromatic heterocycles. The zero-order chi connectivity index (χ0) is 20.8. The van der Waals surface area contributed by atoms with Crippen LogP contribution in [-0.2, 0) is 0 Å². The average Bonchev–Trinajstić information content (AvgIpc) is 2.70. The van der Waals surface area contributed by atoms with Gasteiger partial charge in [-0.15, -0.1) is 0 Å². The Morgan fingerprint density at radius 2 is 1.52 bits per heavy atom. The average molecular weight is 454 g/mol. The van der Waals surface area contributed by atoms with Gasteiger partial charge in [-0.05, 0) is 70.5 Å². The van der Waals surface area contributed by atoms with E-state index in [0.717, 1.165) is 4.47 Å². The molecule has 5 N–H and O–H groups in total. The second-order valence-electron chi connectivity index (χ2n) is 5.92. The number of primary amides is 1. The first-order valence-corrected chi connectivity index (χ1v) is 9.21. The number of halogens is 1. The van der Waals surface area contributed by atoms with Gasteiger partial charge in [0.25, 0.3) is 11.8 Å². The van der Waals surface area contributed by atoms with Crippen molar-refractivity contribution in [2.45, 2.75) is 0 Å². The van der Waals surface area contributed by atoms with Crippen molar-refractivity contribution in [1.82, 2.24) is 4.98 Å². The number of benzene rings is 2. The first kappa shape index (κ1) is 20.0. The minimum Gasteiger partial charge on any atom is -0.351 e. The number of amides is 4. The zero-order valence-electron chi connectivity index (χ0n) is 15.0. The summed E-state index contributed by atoms with van der Waals surface area (Å²) in [5.74, 6) is -0.294. The molecule has 3 rings (SSSR count). The molecule has 0 saturated carbocycles. The number of pyridine rings is 1. The highest BCUT2D eigenvalue weighted by Gasteiger charge is 2.10. The second-order valence-corrected chi connectivity index (χ2v) is 6.83. The number of nitrogens with two attached hydrogens (primary N) is 1. The van der Waals surface area contributed by atoms with Crippen LogP contribution < -0.4 is 21.7 Å². The number of carbonyl (C=O) groups is 3. The topological polar surface area (TPSA) is 126 Å². The van der Waals surface area contributed by atoms with Gasteiger partial charge >= 0.3 is 6.03 Å². The fourth-order valence-corrected chi connectivity index (χ4v) is 2.66. The predicted octanol–water partition coefficient (Wildman–Crippen LogP) is 3.84. The van der Waals surface area contributed by atoms with Crippen molar-refractivity contribution in [3.8, 4) is 0 Å². The first-order chi connectivity index (χ1) is 13.9. The molecular weight excluding hydrogens is 438 g/mol. The molecule has 0 aliphatic carbocycles. The Hall–Kier alpha value is -3.72. The molecule has 0 bridgehead atoms. The van der Waals surface area contributed by atoms with Crippen LogP contribution in [0, 0.1) is 0 Å². The third-order valence-corrected chi connectivity index (χ3v) is 4.24. The van der Waals surface area contributed by atoms with Gasteiger partial charge in [-0.2, -0.15) is 0 Å². The van der Waals surface area contributed by atoms with Crippen molar-refractivity contribution < 1.29 is 14.4 Å². The van der Waals surface area contributed by atoms with Crippen LogP contribution in [0.25, 0.3) is 0 Å². The van der Waals surface area contributed by atoms with Crippen LogP contribution in [0.5, 0.6) is 0 Å². The van der Waals surface area contributed by atoms with Crippen molar-refractivity contribution in [2.24, 2.45) is 5.73 Å². The summed E-state index contributed by atoms with van der Waals surface area (Å²) in [7, 11) is 0. The summed E-state index contributed by atoms with van der Waals surface area (Å²) in [5.41, 5.74) is 6.75. The molecule has 0 aliphatic rings. The lowest BCUT2D eigenvalue weighted by Gasteiger charge is -2.09. The number of hydrogen-bond acceptors (Lipinski definition) is 4. The number of rotatable bonds is 5. The van der Waals surface area contributed by atoms with Crippen molar-refractivity contribution in [3.63, 3.8) is 0 Å². The summed E-state index contributed by atoms with van der Waals surface area (Å²) in [6.45, 7) is 0. The number of nitrogens with zero attached hydrogens (tertiary/aromatic N) is 1. The highest BCUT2D eigenvalue weighted by molar-refractivity contribution is 9.10. The van der Waals surface area contributed by atoms with E-state index in [0.29, 0.717) is 28.3 Å². The Bertz CT molecular complexity index is 1050. The van der Waals surface area contributed by atoms with Crippen molar-refractivity contribution in [2.75, 3.05) is 16.0 Å². The van der Waals surface area contributed by atoms with Crippen molar-refractivity contribution in [3.05, 3.63) is 82.5 Å². The molecule has 0 atom stereocenters. The fourth-order valence-electron chi connectivity index (χ4n) is 2.43. The largest absolute Gasteiger partial charge is 0.351 e. The Morgan fingerprint density at radius 3 is 2.17 bits per heavy atom.